The fourth-order valence-electron chi connectivity index (χ4n) is 2.16. The van der Waals surface area contributed by atoms with Crippen molar-refractivity contribution in [1.82, 2.24) is 20.6 Å². The number of nitrogens with zero attached hydrogens (tertiary/aromatic N) is 2. The highest BCUT2D eigenvalue weighted by Gasteiger charge is 2.16. The Morgan fingerprint density at radius 2 is 1.90 bits per heavy atom. The summed E-state index contributed by atoms with van der Waals surface area (Å²) in [5, 5.41) is 15.8. The van der Waals surface area contributed by atoms with Gasteiger partial charge in [0.15, 0.2) is 6.61 Å². The van der Waals surface area contributed by atoms with Crippen LogP contribution in [0.2, 0.25) is 10.0 Å². The minimum atomic E-state index is -1.17. The average molecular weight is 451 g/mol. The molecule has 10 heteroatoms. The minimum Gasteiger partial charge on any atom is -0.484 e. The van der Waals surface area contributed by atoms with Crippen molar-refractivity contribution in [3.63, 3.8) is 0 Å². The summed E-state index contributed by atoms with van der Waals surface area (Å²) in [5.74, 6) is -0.680. The summed E-state index contributed by atoms with van der Waals surface area (Å²) in [5.41, 5.74) is 1.04. The van der Waals surface area contributed by atoms with Crippen molar-refractivity contribution in [3.05, 3.63) is 76.6 Å². The molecule has 1 aromatic heterocycles. The number of halogens is 2. The summed E-state index contributed by atoms with van der Waals surface area (Å²) in [4.78, 5) is 32.0. The first kappa shape index (κ1) is 23.3. The second-order valence-electron chi connectivity index (χ2n) is 6.26. The molecule has 0 aliphatic rings. The standard InChI is InChI=1S/C20H20Cl2N4O4/c1-11(25-20(29)17-9-23-12(2)8-24-17)6-18(27)13(3)26-19(28)10-30-14-4-5-15(21)16(22)7-14/h4-5,7-9,18,27H,1,3,6,10H2,2H3,(H,25,29)(H,26,28)/t18-/m0/s1. The quantitative estimate of drug-likeness (QED) is 0.541. The van der Waals surface area contributed by atoms with Crippen LogP contribution in [-0.4, -0.2) is 39.6 Å². The fraction of sp³-hybridized carbons (Fsp3) is 0.200. The van der Waals surface area contributed by atoms with E-state index >= 15 is 0 Å². The molecule has 1 atom stereocenters. The molecular weight excluding hydrogens is 431 g/mol. The number of hydrogen-bond donors (Lipinski definition) is 3. The molecule has 0 saturated heterocycles. The lowest BCUT2D eigenvalue weighted by Gasteiger charge is -2.17. The molecule has 30 heavy (non-hydrogen) atoms. The van der Waals surface area contributed by atoms with E-state index in [2.05, 4.69) is 33.8 Å². The Morgan fingerprint density at radius 1 is 1.17 bits per heavy atom. The normalized spacial score (nSPS) is 11.3. The van der Waals surface area contributed by atoms with Gasteiger partial charge in [-0.2, -0.15) is 0 Å². The lowest BCUT2D eigenvalue weighted by Crippen LogP contribution is -2.34. The topological polar surface area (TPSA) is 113 Å². The molecule has 1 heterocycles. The molecule has 8 nitrogen and oxygen atoms in total. The number of aliphatic hydroxyl groups is 1. The van der Waals surface area contributed by atoms with Gasteiger partial charge in [0.05, 0.1) is 28.0 Å². The SMILES string of the molecule is C=C(C[C@H](O)C(=C)NC(=O)COc1ccc(Cl)c(Cl)c1)NC(=O)c1cnc(C)cn1. The summed E-state index contributed by atoms with van der Waals surface area (Å²) in [6.07, 6.45) is 1.57. The van der Waals surface area contributed by atoms with E-state index < -0.39 is 17.9 Å². The molecule has 0 fully saturated rings. The highest BCUT2D eigenvalue weighted by Crippen LogP contribution is 2.26. The molecule has 0 spiro atoms. The van der Waals surface area contributed by atoms with E-state index in [9.17, 15) is 14.7 Å². The van der Waals surface area contributed by atoms with Crippen LogP contribution in [0.25, 0.3) is 0 Å². The molecular formula is C20H20Cl2N4O4. The van der Waals surface area contributed by atoms with Crippen LogP contribution in [0, 0.1) is 6.92 Å². The largest absolute Gasteiger partial charge is 0.484 e. The predicted octanol–water partition coefficient (Wildman–Crippen LogP) is 2.80. The van der Waals surface area contributed by atoms with Crippen LogP contribution in [0.5, 0.6) is 5.75 Å². The number of aryl methyl sites for hydroxylation is 1. The van der Waals surface area contributed by atoms with Crippen molar-refractivity contribution in [2.75, 3.05) is 6.61 Å². The molecule has 1 aromatic carbocycles. The van der Waals surface area contributed by atoms with Crippen molar-refractivity contribution in [2.24, 2.45) is 0 Å². The van der Waals surface area contributed by atoms with E-state index in [1.54, 1.807) is 19.1 Å². The van der Waals surface area contributed by atoms with Gasteiger partial charge in [0.25, 0.3) is 11.8 Å². The zero-order valence-corrected chi connectivity index (χ0v) is 17.6. The van der Waals surface area contributed by atoms with Crippen LogP contribution in [0.3, 0.4) is 0 Å². The summed E-state index contributed by atoms with van der Waals surface area (Å²) < 4.78 is 5.31. The number of amides is 2. The van der Waals surface area contributed by atoms with Crippen LogP contribution < -0.4 is 15.4 Å². The third-order valence-corrected chi connectivity index (χ3v) is 4.45. The number of carbonyl (C=O) groups excluding carboxylic acids is 2. The van der Waals surface area contributed by atoms with Crippen LogP contribution in [-0.2, 0) is 4.79 Å². The van der Waals surface area contributed by atoms with E-state index in [4.69, 9.17) is 27.9 Å². The van der Waals surface area contributed by atoms with Crippen molar-refractivity contribution in [2.45, 2.75) is 19.4 Å². The number of rotatable bonds is 9. The highest BCUT2D eigenvalue weighted by molar-refractivity contribution is 6.42. The van der Waals surface area contributed by atoms with Gasteiger partial charge < -0.3 is 20.5 Å². The number of nitrogens with one attached hydrogen (secondary N) is 2. The van der Waals surface area contributed by atoms with Crippen molar-refractivity contribution >= 4 is 35.0 Å². The molecule has 2 aromatic rings. The summed E-state index contributed by atoms with van der Waals surface area (Å²) in [7, 11) is 0. The van der Waals surface area contributed by atoms with Gasteiger partial charge in [-0.05, 0) is 19.1 Å². The highest BCUT2D eigenvalue weighted by atomic mass is 35.5. The molecule has 0 saturated carbocycles. The van der Waals surface area contributed by atoms with Gasteiger partial charge in [-0.15, -0.1) is 0 Å². The Morgan fingerprint density at radius 3 is 2.53 bits per heavy atom. The minimum absolute atomic E-state index is 0.0308. The Hall–Kier alpha value is -2.94. The van der Waals surface area contributed by atoms with E-state index in [1.165, 1.54) is 18.5 Å². The second kappa shape index (κ2) is 10.7. The predicted molar refractivity (Wildman–Crippen MR) is 113 cm³/mol. The number of aliphatic hydroxyl groups excluding tert-OH is 1. The van der Waals surface area contributed by atoms with Crippen LogP contribution in [0.4, 0.5) is 0 Å². The van der Waals surface area contributed by atoms with E-state index in [1.807, 2.05) is 0 Å². The molecule has 0 bridgehead atoms. The van der Waals surface area contributed by atoms with Crippen molar-refractivity contribution < 1.29 is 19.4 Å². The maximum atomic E-state index is 12.1. The van der Waals surface area contributed by atoms with Crippen LogP contribution in [0.1, 0.15) is 22.6 Å². The van der Waals surface area contributed by atoms with E-state index in [-0.39, 0.29) is 30.1 Å². The Kier molecular flexibility index (Phi) is 8.35. The molecule has 0 radical (unpaired) electrons. The zero-order valence-electron chi connectivity index (χ0n) is 16.1. The maximum absolute atomic E-state index is 12.1. The average Bonchev–Trinajstić information content (AvgIpc) is 2.69. The molecule has 2 rings (SSSR count). The van der Waals surface area contributed by atoms with Crippen molar-refractivity contribution in [1.29, 1.82) is 0 Å². The Labute approximate surface area is 183 Å². The van der Waals surface area contributed by atoms with Crippen molar-refractivity contribution in [3.8, 4) is 5.75 Å². The molecule has 158 valence electrons. The number of aromatic nitrogens is 2. The summed E-state index contributed by atoms with van der Waals surface area (Å²) in [6, 6.07) is 4.59. The number of benzene rings is 1. The monoisotopic (exact) mass is 450 g/mol. The van der Waals surface area contributed by atoms with Gasteiger partial charge in [0.1, 0.15) is 11.4 Å². The van der Waals surface area contributed by atoms with Crippen LogP contribution >= 0.6 is 23.2 Å². The number of hydrogen-bond acceptors (Lipinski definition) is 6. The second-order valence-corrected chi connectivity index (χ2v) is 7.07. The molecule has 3 N–H and O–H groups in total. The fourth-order valence-corrected chi connectivity index (χ4v) is 2.44. The van der Waals surface area contributed by atoms with Gasteiger partial charge in [0, 0.05) is 30.1 Å². The Balaban J connectivity index is 1.77. The first-order chi connectivity index (χ1) is 14.2. The molecule has 0 aliphatic carbocycles. The van der Waals surface area contributed by atoms with Gasteiger partial charge >= 0.3 is 0 Å². The number of carbonyl (C=O) groups is 2. The lowest BCUT2D eigenvalue weighted by molar-refractivity contribution is -0.122. The summed E-state index contributed by atoms with van der Waals surface area (Å²) >= 11 is 11.7. The molecule has 2 amide bonds. The van der Waals surface area contributed by atoms with Gasteiger partial charge in [-0.3, -0.25) is 14.6 Å². The van der Waals surface area contributed by atoms with Gasteiger partial charge in [-0.1, -0.05) is 36.4 Å². The van der Waals surface area contributed by atoms with E-state index in [0.29, 0.717) is 21.5 Å². The first-order valence-corrected chi connectivity index (χ1v) is 9.43. The maximum Gasteiger partial charge on any atom is 0.275 e. The molecule has 0 aliphatic heterocycles. The number of ether oxygens (including phenoxy) is 1. The lowest BCUT2D eigenvalue weighted by atomic mass is 10.1. The summed E-state index contributed by atoms with van der Waals surface area (Å²) in [6.45, 7) is 8.74. The third kappa shape index (κ3) is 7.14. The van der Waals surface area contributed by atoms with E-state index in [0.717, 1.165) is 0 Å². The zero-order chi connectivity index (χ0) is 22.3. The Bertz CT molecular complexity index is 964. The van der Waals surface area contributed by atoms with Gasteiger partial charge in [0.2, 0.25) is 0 Å². The van der Waals surface area contributed by atoms with Crippen LogP contribution in [0.15, 0.2) is 55.1 Å². The smallest absolute Gasteiger partial charge is 0.275 e. The van der Waals surface area contributed by atoms with Gasteiger partial charge in [-0.25, -0.2) is 4.98 Å². The third-order valence-electron chi connectivity index (χ3n) is 3.71. The first-order valence-electron chi connectivity index (χ1n) is 8.68. The molecule has 0 unspecified atom stereocenters.